The van der Waals surface area contributed by atoms with E-state index in [1.54, 1.807) is 18.1 Å². The molecular weight excluding hydrogens is 260 g/mol. The molecule has 1 atom stereocenters. The van der Waals surface area contributed by atoms with E-state index in [1.807, 2.05) is 11.3 Å². The summed E-state index contributed by atoms with van der Waals surface area (Å²) in [4.78, 5) is 11.5. The van der Waals surface area contributed by atoms with Crippen LogP contribution in [-0.4, -0.2) is 15.7 Å². The maximum atomic E-state index is 5.34. The normalized spacial score (nSPS) is 18.6. The van der Waals surface area contributed by atoms with Gasteiger partial charge in [-0.25, -0.2) is 9.97 Å². The van der Waals surface area contributed by atoms with E-state index in [0.717, 1.165) is 22.2 Å². The van der Waals surface area contributed by atoms with Gasteiger partial charge in [-0.2, -0.15) is 0 Å². The predicted molar refractivity (Wildman–Crippen MR) is 78.2 cm³/mol. The third-order valence-corrected chi connectivity index (χ3v) is 5.41. The van der Waals surface area contributed by atoms with Crippen molar-refractivity contribution in [2.75, 3.05) is 5.75 Å². The molecule has 0 bridgehead atoms. The number of rotatable bonds is 2. The van der Waals surface area contributed by atoms with E-state index in [2.05, 4.69) is 22.8 Å². The molecule has 0 fully saturated rings. The van der Waals surface area contributed by atoms with E-state index >= 15 is 0 Å². The molecule has 0 saturated carbocycles. The molecule has 3 rings (SSSR count). The van der Waals surface area contributed by atoms with Crippen molar-refractivity contribution in [3.63, 3.8) is 0 Å². The molecule has 1 aliphatic carbocycles. The van der Waals surface area contributed by atoms with Crippen molar-refractivity contribution in [3.8, 4) is 12.3 Å². The van der Waals surface area contributed by atoms with Crippen molar-refractivity contribution in [1.82, 2.24) is 9.97 Å². The lowest BCUT2D eigenvalue weighted by Crippen LogP contribution is -2.08. The van der Waals surface area contributed by atoms with Gasteiger partial charge in [-0.15, -0.1) is 17.8 Å². The molecule has 1 aliphatic rings. The first-order valence-electron chi connectivity index (χ1n) is 6.11. The highest BCUT2D eigenvalue weighted by Gasteiger charge is 2.22. The Balaban J connectivity index is 2.12. The Morgan fingerprint density at radius 2 is 2.44 bits per heavy atom. The van der Waals surface area contributed by atoms with Gasteiger partial charge in [0.1, 0.15) is 16.2 Å². The minimum atomic E-state index is 0.674. The van der Waals surface area contributed by atoms with Gasteiger partial charge in [0.2, 0.25) is 0 Å². The number of aryl methyl sites for hydroxylation is 1. The smallest absolute Gasteiger partial charge is 0.128 e. The van der Waals surface area contributed by atoms with Gasteiger partial charge >= 0.3 is 0 Å². The number of aromatic nitrogens is 2. The van der Waals surface area contributed by atoms with Gasteiger partial charge in [0, 0.05) is 10.3 Å². The van der Waals surface area contributed by atoms with Crippen molar-refractivity contribution < 1.29 is 0 Å². The summed E-state index contributed by atoms with van der Waals surface area (Å²) in [5, 5.41) is 2.33. The van der Waals surface area contributed by atoms with Gasteiger partial charge in [-0.05, 0) is 30.7 Å². The molecule has 0 N–H and O–H groups in total. The molecular formula is C14H14N2S2. The van der Waals surface area contributed by atoms with Crippen LogP contribution in [0, 0.1) is 18.3 Å². The zero-order chi connectivity index (χ0) is 12.5. The van der Waals surface area contributed by atoms with Crippen molar-refractivity contribution >= 4 is 33.3 Å². The first-order valence-corrected chi connectivity index (χ1v) is 7.91. The Bertz CT molecular complexity index is 624. The summed E-state index contributed by atoms with van der Waals surface area (Å²) in [6.07, 6.45) is 10.6. The summed E-state index contributed by atoms with van der Waals surface area (Å²) in [6.45, 7) is 2.33. The van der Waals surface area contributed by atoms with Gasteiger partial charge in [0.15, 0.2) is 0 Å². The summed E-state index contributed by atoms with van der Waals surface area (Å²) in [5.41, 5.74) is 1.48. The standard InChI is InChI=1S/C14H14N2S2/c1-3-6-17-13-12-10-5-4-9(2)7-11(10)18-14(12)16-8-15-13/h1,8-9H,4-7H2,2H3. The molecule has 0 aromatic carbocycles. The Morgan fingerprint density at radius 1 is 1.56 bits per heavy atom. The third kappa shape index (κ3) is 2.02. The summed E-state index contributed by atoms with van der Waals surface area (Å²) < 4.78 is 0. The maximum Gasteiger partial charge on any atom is 0.128 e. The maximum absolute atomic E-state index is 5.34. The fraction of sp³-hybridized carbons (Fsp3) is 0.429. The molecule has 0 radical (unpaired) electrons. The van der Waals surface area contributed by atoms with Crippen molar-refractivity contribution in [3.05, 3.63) is 16.8 Å². The number of terminal acetylenes is 1. The predicted octanol–water partition coefficient (Wildman–Crippen LogP) is 3.54. The number of hydrogen-bond acceptors (Lipinski definition) is 4. The van der Waals surface area contributed by atoms with Crippen LogP contribution in [0.25, 0.3) is 10.2 Å². The number of hydrogen-bond donors (Lipinski definition) is 0. The van der Waals surface area contributed by atoms with Gasteiger partial charge in [0.05, 0.1) is 5.75 Å². The third-order valence-electron chi connectivity index (χ3n) is 3.35. The number of thioether (sulfide) groups is 1. The molecule has 2 aromatic heterocycles. The van der Waals surface area contributed by atoms with Crippen LogP contribution in [0.3, 0.4) is 0 Å². The minimum Gasteiger partial charge on any atom is -0.229 e. The van der Waals surface area contributed by atoms with Crippen LogP contribution >= 0.6 is 23.1 Å². The molecule has 0 spiro atoms. The van der Waals surface area contributed by atoms with Crippen LogP contribution in [0.4, 0.5) is 0 Å². The number of nitrogens with zero attached hydrogens (tertiary/aromatic N) is 2. The lowest BCUT2D eigenvalue weighted by molar-refractivity contribution is 0.509. The van der Waals surface area contributed by atoms with Crippen LogP contribution in [0.2, 0.25) is 0 Å². The minimum absolute atomic E-state index is 0.674. The van der Waals surface area contributed by atoms with E-state index in [9.17, 15) is 0 Å². The van der Waals surface area contributed by atoms with E-state index in [-0.39, 0.29) is 0 Å². The summed E-state index contributed by atoms with van der Waals surface area (Å²) >= 11 is 3.48. The lowest BCUT2D eigenvalue weighted by atomic mass is 9.89. The van der Waals surface area contributed by atoms with Crippen LogP contribution in [-0.2, 0) is 12.8 Å². The van der Waals surface area contributed by atoms with Gasteiger partial charge in [-0.3, -0.25) is 0 Å². The Morgan fingerprint density at radius 3 is 3.28 bits per heavy atom. The van der Waals surface area contributed by atoms with Crippen LogP contribution < -0.4 is 0 Å². The second-order valence-corrected chi connectivity index (χ2v) is 6.75. The number of thiophene rings is 1. The average molecular weight is 274 g/mol. The fourth-order valence-corrected chi connectivity index (χ4v) is 4.59. The van der Waals surface area contributed by atoms with Crippen molar-refractivity contribution in [2.45, 2.75) is 31.2 Å². The Hall–Kier alpha value is -1.05. The van der Waals surface area contributed by atoms with Crippen LogP contribution in [0.15, 0.2) is 11.4 Å². The van der Waals surface area contributed by atoms with E-state index in [4.69, 9.17) is 6.42 Å². The SMILES string of the molecule is C#CCSc1ncnc2sc3c(c12)CCC(C)C3. The molecule has 18 heavy (non-hydrogen) atoms. The van der Waals surface area contributed by atoms with Gasteiger partial charge in [0.25, 0.3) is 0 Å². The highest BCUT2D eigenvalue weighted by molar-refractivity contribution is 7.99. The van der Waals surface area contributed by atoms with Gasteiger partial charge < -0.3 is 0 Å². The zero-order valence-electron chi connectivity index (χ0n) is 10.3. The highest BCUT2D eigenvalue weighted by Crippen LogP contribution is 2.40. The fourth-order valence-electron chi connectivity index (χ4n) is 2.47. The molecule has 1 unspecified atom stereocenters. The number of fused-ring (bicyclic) bond motifs is 3. The first-order chi connectivity index (χ1) is 8.79. The van der Waals surface area contributed by atoms with E-state index in [0.29, 0.717) is 5.75 Å². The van der Waals surface area contributed by atoms with Crippen LogP contribution in [0.1, 0.15) is 23.8 Å². The quantitative estimate of drug-likeness (QED) is 0.476. The largest absolute Gasteiger partial charge is 0.229 e. The highest BCUT2D eigenvalue weighted by atomic mass is 32.2. The summed E-state index contributed by atoms with van der Waals surface area (Å²) in [7, 11) is 0. The van der Waals surface area contributed by atoms with Crippen LogP contribution in [0.5, 0.6) is 0 Å². The topological polar surface area (TPSA) is 25.8 Å². The van der Waals surface area contributed by atoms with E-state index in [1.165, 1.54) is 28.7 Å². The average Bonchev–Trinajstić information content (AvgIpc) is 2.73. The van der Waals surface area contributed by atoms with E-state index < -0.39 is 0 Å². The second kappa shape index (κ2) is 4.91. The zero-order valence-corrected chi connectivity index (χ0v) is 11.9. The molecule has 0 saturated heterocycles. The molecule has 2 aromatic rings. The second-order valence-electron chi connectivity index (χ2n) is 4.70. The van der Waals surface area contributed by atoms with Gasteiger partial charge in [-0.1, -0.05) is 24.6 Å². The molecule has 0 aliphatic heterocycles. The Labute approximate surface area is 115 Å². The lowest BCUT2D eigenvalue weighted by Gasteiger charge is -2.17. The van der Waals surface area contributed by atoms with Crippen molar-refractivity contribution in [2.24, 2.45) is 5.92 Å². The first kappa shape index (κ1) is 12.0. The Kier molecular flexibility index (Phi) is 3.27. The molecule has 92 valence electrons. The molecule has 2 heterocycles. The summed E-state index contributed by atoms with van der Waals surface area (Å²) in [5.74, 6) is 4.13. The van der Waals surface area contributed by atoms with Crippen molar-refractivity contribution in [1.29, 1.82) is 0 Å². The monoisotopic (exact) mass is 274 g/mol. The molecule has 0 amide bonds. The summed E-state index contributed by atoms with van der Waals surface area (Å²) in [6, 6.07) is 0. The molecule has 2 nitrogen and oxygen atoms in total. The molecule has 4 heteroatoms.